The topological polar surface area (TPSA) is 49.8 Å². The summed E-state index contributed by atoms with van der Waals surface area (Å²) in [6, 6.07) is -0.430. The minimum absolute atomic E-state index is 0.103. The average Bonchev–Trinajstić information content (AvgIpc) is 2.01. The van der Waals surface area contributed by atoms with E-state index in [0.717, 1.165) is 0 Å². The third kappa shape index (κ3) is 5.74. The number of rotatable bonds is 7. The Balaban J connectivity index is 4.04. The Bertz CT molecular complexity index is 192. The summed E-state index contributed by atoms with van der Waals surface area (Å²) in [4.78, 5) is 12.8. The van der Waals surface area contributed by atoms with Gasteiger partial charge in [-0.15, -0.1) is 0 Å². The first-order chi connectivity index (χ1) is 6.86. The van der Waals surface area contributed by atoms with Crippen LogP contribution in [0.3, 0.4) is 0 Å². The normalized spacial score (nSPS) is 13.9. The minimum Gasteiger partial charge on any atom is -0.480 e. The number of likely N-dealkylation sites (N-methyl/N-ethyl adjacent to an activating group) is 1. The summed E-state index contributed by atoms with van der Waals surface area (Å²) >= 11 is 0. The third-order valence-corrected chi connectivity index (χ3v) is 2.25. The van der Waals surface area contributed by atoms with Crippen molar-refractivity contribution in [3.8, 4) is 0 Å². The highest BCUT2D eigenvalue weighted by Crippen LogP contribution is 2.09. The zero-order chi connectivity index (χ0) is 12.0. The highest BCUT2D eigenvalue weighted by Gasteiger charge is 2.25. The molecule has 0 aliphatic carbocycles. The molecule has 0 rings (SSSR count). The number of carboxylic acids is 1. The Labute approximate surface area is 92.2 Å². The molecule has 1 N–H and O–H groups in total. The molecule has 90 valence electrons. The van der Waals surface area contributed by atoms with Crippen LogP contribution in [0, 0.1) is 5.92 Å². The molecular formula is C11H23NO3. The van der Waals surface area contributed by atoms with Gasteiger partial charge in [0.1, 0.15) is 6.04 Å². The van der Waals surface area contributed by atoms with Gasteiger partial charge in [0, 0.05) is 6.54 Å². The minimum atomic E-state index is -0.767. The van der Waals surface area contributed by atoms with Crippen molar-refractivity contribution in [2.24, 2.45) is 5.92 Å². The molecule has 15 heavy (non-hydrogen) atoms. The molecule has 0 saturated heterocycles. The molecule has 0 bridgehead atoms. The summed E-state index contributed by atoms with van der Waals surface area (Å²) in [5, 5.41) is 9.04. The molecule has 4 nitrogen and oxygen atoms in total. The average molecular weight is 217 g/mol. The van der Waals surface area contributed by atoms with Crippen LogP contribution in [0.4, 0.5) is 0 Å². The zero-order valence-electron chi connectivity index (χ0n) is 10.4. The molecule has 1 atom stereocenters. The predicted octanol–water partition coefficient (Wildman–Crippen LogP) is 1.45. The van der Waals surface area contributed by atoms with E-state index >= 15 is 0 Å². The lowest BCUT2D eigenvalue weighted by molar-refractivity contribution is -0.144. The van der Waals surface area contributed by atoms with Gasteiger partial charge < -0.3 is 9.84 Å². The Hall–Kier alpha value is -0.610. The van der Waals surface area contributed by atoms with Crippen LogP contribution in [0.2, 0.25) is 0 Å². The molecule has 0 aliphatic rings. The maximum absolute atomic E-state index is 11.0. The molecule has 0 spiro atoms. The fraction of sp³-hybridized carbons (Fsp3) is 0.909. The van der Waals surface area contributed by atoms with Crippen LogP contribution in [-0.4, -0.2) is 48.3 Å². The first-order valence-corrected chi connectivity index (χ1v) is 5.41. The lowest BCUT2D eigenvalue weighted by atomic mass is 10.0. The van der Waals surface area contributed by atoms with Crippen molar-refractivity contribution in [3.05, 3.63) is 0 Å². The van der Waals surface area contributed by atoms with Gasteiger partial charge in [-0.3, -0.25) is 9.69 Å². The fourth-order valence-corrected chi connectivity index (χ4v) is 1.55. The van der Waals surface area contributed by atoms with Crippen molar-refractivity contribution in [2.45, 2.75) is 39.8 Å². The van der Waals surface area contributed by atoms with E-state index in [1.54, 1.807) is 0 Å². The van der Waals surface area contributed by atoms with E-state index in [1.807, 2.05) is 39.6 Å². The summed E-state index contributed by atoms with van der Waals surface area (Å²) in [6.45, 7) is 8.99. The molecule has 0 amide bonds. The number of aliphatic carboxylic acids is 1. The molecule has 1 unspecified atom stereocenters. The third-order valence-electron chi connectivity index (χ3n) is 2.25. The van der Waals surface area contributed by atoms with Gasteiger partial charge in [-0.25, -0.2) is 0 Å². The number of carboxylic acid groups (broad SMARTS) is 1. The molecule has 0 radical (unpaired) electrons. The lowest BCUT2D eigenvalue weighted by Gasteiger charge is -2.27. The number of nitrogens with zero attached hydrogens (tertiary/aromatic N) is 1. The van der Waals surface area contributed by atoms with Crippen LogP contribution >= 0.6 is 0 Å². The van der Waals surface area contributed by atoms with E-state index < -0.39 is 12.0 Å². The van der Waals surface area contributed by atoms with Crippen LogP contribution in [0.5, 0.6) is 0 Å². The summed E-state index contributed by atoms with van der Waals surface area (Å²) in [7, 11) is 1.82. The first-order valence-electron chi connectivity index (χ1n) is 5.41. The van der Waals surface area contributed by atoms with E-state index in [4.69, 9.17) is 9.84 Å². The van der Waals surface area contributed by atoms with E-state index in [-0.39, 0.29) is 12.0 Å². The monoisotopic (exact) mass is 217 g/mol. The van der Waals surface area contributed by atoms with Crippen LogP contribution in [0.15, 0.2) is 0 Å². The second kappa shape index (κ2) is 6.80. The van der Waals surface area contributed by atoms with E-state index in [9.17, 15) is 4.79 Å². The first kappa shape index (κ1) is 14.4. The van der Waals surface area contributed by atoms with Gasteiger partial charge in [-0.1, -0.05) is 13.8 Å². The van der Waals surface area contributed by atoms with Gasteiger partial charge in [0.05, 0.1) is 12.7 Å². The summed E-state index contributed by atoms with van der Waals surface area (Å²) in [6.07, 6.45) is 0.195. The fourth-order valence-electron chi connectivity index (χ4n) is 1.55. The Morgan fingerprint density at radius 3 is 2.20 bits per heavy atom. The van der Waals surface area contributed by atoms with Gasteiger partial charge in [-0.2, -0.15) is 0 Å². The maximum atomic E-state index is 11.0. The maximum Gasteiger partial charge on any atom is 0.321 e. The Morgan fingerprint density at radius 1 is 1.33 bits per heavy atom. The number of carbonyl (C=O) groups is 1. The van der Waals surface area contributed by atoms with Crippen molar-refractivity contribution < 1.29 is 14.6 Å². The zero-order valence-corrected chi connectivity index (χ0v) is 10.4. The highest BCUT2D eigenvalue weighted by atomic mass is 16.5. The summed E-state index contributed by atoms with van der Waals surface area (Å²) in [5.41, 5.74) is 0. The molecule has 4 heteroatoms. The van der Waals surface area contributed by atoms with E-state index in [0.29, 0.717) is 13.2 Å². The van der Waals surface area contributed by atoms with Crippen LogP contribution < -0.4 is 0 Å². The molecule has 0 aliphatic heterocycles. The van der Waals surface area contributed by atoms with E-state index in [1.165, 1.54) is 0 Å². The van der Waals surface area contributed by atoms with Crippen molar-refractivity contribution in [1.82, 2.24) is 4.90 Å². The van der Waals surface area contributed by atoms with Crippen molar-refractivity contribution in [3.63, 3.8) is 0 Å². The van der Waals surface area contributed by atoms with Crippen LogP contribution in [0.1, 0.15) is 27.7 Å². The Kier molecular flexibility index (Phi) is 6.52. The molecule has 0 aromatic heterocycles. The van der Waals surface area contributed by atoms with Crippen LogP contribution in [-0.2, 0) is 9.53 Å². The summed E-state index contributed by atoms with van der Waals surface area (Å²) < 4.78 is 5.39. The van der Waals surface area contributed by atoms with Crippen molar-refractivity contribution in [1.29, 1.82) is 0 Å². The second-order valence-electron chi connectivity index (χ2n) is 4.43. The van der Waals surface area contributed by atoms with Gasteiger partial charge in [-0.05, 0) is 26.8 Å². The van der Waals surface area contributed by atoms with Gasteiger partial charge in [0.25, 0.3) is 0 Å². The molecule has 0 saturated carbocycles. The predicted molar refractivity (Wildman–Crippen MR) is 60.0 cm³/mol. The van der Waals surface area contributed by atoms with Crippen molar-refractivity contribution >= 4 is 5.97 Å². The largest absolute Gasteiger partial charge is 0.480 e. The van der Waals surface area contributed by atoms with Gasteiger partial charge >= 0.3 is 5.97 Å². The number of hydrogen-bond donors (Lipinski definition) is 1. The van der Waals surface area contributed by atoms with Crippen LogP contribution in [0.25, 0.3) is 0 Å². The van der Waals surface area contributed by atoms with Gasteiger partial charge in [0.15, 0.2) is 0 Å². The molecule has 0 fully saturated rings. The smallest absolute Gasteiger partial charge is 0.321 e. The van der Waals surface area contributed by atoms with Crippen molar-refractivity contribution in [2.75, 3.05) is 20.2 Å². The lowest BCUT2D eigenvalue weighted by Crippen LogP contribution is -2.43. The Morgan fingerprint density at radius 2 is 1.87 bits per heavy atom. The number of hydrogen-bond acceptors (Lipinski definition) is 3. The SMILES string of the molecule is CC(C)OCCN(C)C(C(=O)O)C(C)C. The molecule has 0 heterocycles. The quantitative estimate of drug-likeness (QED) is 0.701. The summed E-state index contributed by atoms with van der Waals surface area (Å²) in [5.74, 6) is -0.663. The molecule has 0 aromatic rings. The molecule has 0 aromatic carbocycles. The number of ether oxygens (including phenoxy) is 1. The van der Waals surface area contributed by atoms with E-state index in [2.05, 4.69) is 0 Å². The molecular weight excluding hydrogens is 194 g/mol. The van der Waals surface area contributed by atoms with Gasteiger partial charge in [0.2, 0.25) is 0 Å². The highest BCUT2D eigenvalue weighted by molar-refractivity contribution is 5.73. The second-order valence-corrected chi connectivity index (χ2v) is 4.43. The standard InChI is InChI=1S/C11H23NO3/c1-8(2)10(11(13)14)12(5)6-7-15-9(3)4/h8-10H,6-7H2,1-5H3,(H,13,14).